The molecule has 2 atom stereocenters. The summed E-state index contributed by atoms with van der Waals surface area (Å²) in [6.07, 6.45) is 1.14. The molecule has 8 nitrogen and oxygen atoms in total. The standard InChI is InChI=1S/C33H38N4O4/c1-6-24-11-9-10-22(2)32(24)37(23(3)21-40-4)31(39)20-36-29-13-8-7-12-28(29)34-33(36)25-18-30(38)35(19-25)26-14-16-27(41-5)17-15-26/h7-17,23,25H,6,18-21H2,1-5H3/t23-,25+/m0/s1. The summed E-state index contributed by atoms with van der Waals surface area (Å²) in [6, 6.07) is 21.4. The van der Waals surface area contributed by atoms with Crippen LogP contribution in [0.25, 0.3) is 11.0 Å². The predicted octanol–water partition coefficient (Wildman–Crippen LogP) is 5.50. The van der Waals surface area contributed by atoms with Gasteiger partial charge in [-0.15, -0.1) is 0 Å². The summed E-state index contributed by atoms with van der Waals surface area (Å²) in [5.41, 5.74) is 5.63. The van der Waals surface area contributed by atoms with Crippen LogP contribution in [-0.4, -0.2) is 54.8 Å². The van der Waals surface area contributed by atoms with E-state index >= 15 is 0 Å². The summed E-state index contributed by atoms with van der Waals surface area (Å²) >= 11 is 0. The maximum Gasteiger partial charge on any atom is 0.247 e. The van der Waals surface area contributed by atoms with Crippen molar-refractivity contribution in [2.24, 2.45) is 0 Å². The lowest BCUT2D eigenvalue weighted by atomic mass is 10.0. The zero-order valence-corrected chi connectivity index (χ0v) is 24.5. The van der Waals surface area contributed by atoms with Crippen LogP contribution >= 0.6 is 0 Å². The Morgan fingerprint density at radius 3 is 2.54 bits per heavy atom. The molecule has 1 saturated heterocycles. The van der Waals surface area contributed by atoms with Crippen molar-refractivity contribution in [1.82, 2.24) is 9.55 Å². The number of aryl methyl sites for hydroxylation is 2. The molecule has 5 rings (SSSR count). The van der Waals surface area contributed by atoms with Crippen molar-refractivity contribution in [2.45, 2.75) is 52.1 Å². The van der Waals surface area contributed by atoms with Crippen LogP contribution in [0.15, 0.2) is 66.7 Å². The second-order valence-corrected chi connectivity index (χ2v) is 10.7. The number of anilines is 2. The normalized spacial score (nSPS) is 15.9. The molecule has 0 spiro atoms. The molecule has 41 heavy (non-hydrogen) atoms. The van der Waals surface area contributed by atoms with Crippen molar-refractivity contribution in [3.8, 4) is 5.75 Å². The summed E-state index contributed by atoms with van der Waals surface area (Å²) in [5, 5.41) is 0. The van der Waals surface area contributed by atoms with E-state index in [4.69, 9.17) is 14.5 Å². The molecular weight excluding hydrogens is 516 g/mol. The van der Waals surface area contributed by atoms with Crippen LogP contribution < -0.4 is 14.5 Å². The molecule has 8 heteroatoms. The highest BCUT2D eigenvalue weighted by atomic mass is 16.5. The number of benzene rings is 3. The molecule has 214 valence electrons. The Balaban J connectivity index is 1.51. The molecule has 1 aliphatic heterocycles. The molecule has 1 aromatic heterocycles. The maximum absolute atomic E-state index is 14.3. The van der Waals surface area contributed by atoms with Gasteiger partial charge >= 0.3 is 0 Å². The van der Waals surface area contributed by atoms with E-state index in [0.29, 0.717) is 19.6 Å². The van der Waals surface area contributed by atoms with Gasteiger partial charge in [-0.3, -0.25) is 9.59 Å². The average molecular weight is 555 g/mol. The second kappa shape index (κ2) is 12.1. The largest absolute Gasteiger partial charge is 0.497 e. The summed E-state index contributed by atoms with van der Waals surface area (Å²) in [4.78, 5) is 36.1. The van der Waals surface area contributed by atoms with Gasteiger partial charge in [0.1, 0.15) is 18.1 Å². The molecule has 4 aromatic rings. The predicted molar refractivity (Wildman–Crippen MR) is 162 cm³/mol. The lowest BCUT2D eigenvalue weighted by Gasteiger charge is -2.32. The minimum atomic E-state index is -0.171. The second-order valence-electron chi connectivity index (χ2n) is 10.7. The van der Waals surface area contributed by atoms with Crippen LogP contribution in [-0.2, 0) is 27.3 Å². The van der Waals surface area contributed by atoms with Crippen molar-refractivity contribution >= 4 is 34.2 Å². The average Bonchev–Trinajstić information content (AvgIpc) is 3.54. The first-order valence-electron chi connectivity index (χ1n) is 14.1. The Hall–Kier alpha value is -4.17. The van der Waals surface area contributed by atoms with Gasteiger partial charge < -0.3 is 23.8 Å². The van der Waals surface area contributed by atoms with Crippen LogP contribution in [0.5, 0.6) is 5.75 Å². The van der Waals surface area contributed by atoms with Gasteiger partial charge in [0, 0.05) is 31.7 Å². The smallest absolute Gasteiger partial charge is 0.247 e. The monoisotopic (exact) mass is 554 g/mol. The molecule has 3 aromatic carbocycles. The number of ether oxygens (including phenoxy) is 2. The van der Waals surface area contributed by atoms with Crippen LogP contribution in [0.4, 0.5) is 11.4 Å². The number of para-hydroxylation sites is 3. The number of fused-ring (bicyclic) bond motifs is 1. The van der Waals surface area contributed by atoms with Crippen molar-refractivity contribution in [3.05, 3.63) is 83.7 Å². The number of amides is 2. The molecule has 0 saturated carbocycles. The molecule has 2 amide bonds. The number of rotatable bonds is 10. The summed E-state index contributed by atoms with van der Waals surface area (Å²) in [5.74, 6) is 1.33. The lowest BCUT2D eigenvalue weighted by Crippen LogP contribution is -2.44. The SMILES string of the molecule is CCc1cccc(C)c1N(C(=O)Cn1c([C@@H]2CC(=O)N(c3ccc(OC)cc3)C2)nc2ccccc21)[C@@H](C)COC. The van der Waals surface area contributed by atoms with Crippen LogP contribution in [0.1, 0.15) is 43.1 Å². The van der Waals surface area contributed by atoms with Crippen LogP contribution in [0.3, 0.4) is 0 Å². The van der Waals surface area contributed by atoms with E-state index in [1.165, 1.54) is 0 Å². The van der Waals surface area contributed by atoms with Gasteiger partial charge in [0.2, 0.25) is 11.8 Å². The van der Waals surface area contributed by atoms with E-state index in [1.54, 1.807) is 19.1 Å². The fourth-order valence-corrected chi connectivity index (χ4v) is 5.93. The van der Waals surface area contributed by atoms with Gasteiger partial charge in [0.25, 0.3) is 0 Å². The highest BCUT2D eigenvalue weighted by Gasteiger charge is 2.36. The maximum atomic E-state index is 14.3. The quantitative estimate of drug-likeness (QED) is 0.259. The van der Waals surface area contributed by atoms with E-state index in [-0.39, 0.29) is 30.3 Å². The fourth-order valence-electron chi connectivity index (χ4n) is 5.93. The molecule has 0 bridgehead atoms. The summed E-state index contributed by atoms with van der Waals surface area (Å²) in [7, 11) is 3.28. The van der Waals surface area contributed by atoms with Crippen molar-refractivity contribution < 1.29 is 19.1 Å². The molecule has 1 fully saturated rings. The van der Waals surface area contributed by atoms with Crippen LogP contribution in [0, 0.1) is 6.92 Å². The third-order valence-corrected chi connectivity index (χ3v) is 7.91. The number of carbonyl (C=O) groups is 2. The fraction of sp³-hybridized carbons (Fsp3) is 0.364. The zero-order valence-electron chi connectivity index (χ0n) is 24.5. The highest BCUT2D eigenvalue weighted by Crippen LogP contribution is 2.35. The van der Waals surface area contributed by atoms with Crippen molar-refractivity contribution in [1.29, 1.82) is 0 Å². The first-order chi connectivity index (χ1) is 19.9. The molecule has 0 N–H and O–H groups in total. The third kappa shape index (κ3) is 5.57. The van der Waals surface area contributed by atoms with Gasteiger partial charge in [-0.1, -0.05) is 37.3 Å². The van der Waals surface area contributed by atoms with E-state index in [1.807, 2.05) is 84.0 Å². The Bertz CT molecular complexity index is 1540. The number of hydrogen-bond acceptors (Lipinski definition) is 5. The molecular formula is C33H38N4O4. The summed E-state index contributed by atoms with van der Waals surface area (Å²) < 4.78 is 12.8. The van der Waals surface area contributed by atoms with Crippen molar-refractivity contribution in [3.63, 3.8) is 0 Å². The van der Waals surface area contributed by atoms with Gasteiger partial charge in [-0.2, -0.15) is 0 Å². The number of carbonyl (C=O) groups excluding carboxylic acids is 2. The van der Waals surface area contributed by atoms with Gasteiger partial charge in [-0.05, 0) is 67.8 Å². The van der Waals surface area contributed by atoms with Crippen LogP contribution in [0.2, 0.25) is 0 Å². The van der Waals surface area contributed by atoms with E-state index in [9.17, 15) is 9.59 Å². The van der Waals surface area contributed by atoms with E-state index in [0.717, 1.165) is 51.5 Å². The molecule has 2 heterocycles. The Kier molecular flexibility index (Phi) is 8.40. The Labute approximate surface area is 241 Å². The molecule has 0 unspecified atom stereocenters. The summed E-state index contributed by atoms with van der Waals surface area (Å²) in [6.45, 7) is 7.18. The Morgan fingerprint density at radius 2 is 1.83 bits per heavy atom. The van der Waals surface area contributed by atoms with Gasteiger partial charge in [-0.25, -0.2) is 4.98 Å². The van der Waals surface area contributed by atoms with Gasteiger partial charge in [0.15, 0.2) is 0 Å². The number of nitrogens with zero attached hydrogens (tertiary/aromatic N) is 4. The Morgan fingerprint density at radius 1 is 1.07 bits per heavy atom. The first-order valence-corrected chi connectivity index (χ1v) is 14.1. The highest BCUT2D eigenvalue weighted by molar-refractivity contribution is 5.98. The van der Waals surface area contributed by atoms with Gasteiger partial charge in [0.05, 0.1) is 36.5 Å². The van der Waals surface area contributed by atoms with E-state index < -0.39 is 0 Å². The minimum absolute atomic E-state index is 0.0351. The number of imidazole rings is 1. The zero-order chi connectivity index (χ0) is 29.1. The first kappa shape index (κ1) is 28.4. The minimum Gasteiger partial charge on any atom is -0.497 e. The number of hydrogen-bond donors (Lipinski definition) is 0. The molecule has 0 radical (unpaired) electrons. The number of methoxy groups -OCH3 is 2. The molecule has 1 aliphatic rings. The number of aromatic nitrogens is 2. The lowest BCUT2D eigenvalue weighted by molar-refractivity contribution is -0.120. The van der Waals surface area contributed by atoms with E-state index in [2.05, 4.69) is 13.0 Å². The third-order valence-electron chi connectivity index (χ3n) is 7.91. The topological polar surface area (TPSA) is 76.9 Å². The van der Waals surface area contributed by atoms with Crippen molar-refractivity contribution in [2.75, 3.05) is 37.2 Å². The molecule has 0 aliphatic carbocycles.